The van der Waals surface area contributed by atoms with E-state index in [2.05, 4.69) is 56.0 Å². The Morgan fingerprint density at radius 1 is 1.10 bits per heavy atom. The molecule has 2 aromatic carbocycles. The summed E-state index contributed by atoms with van der Waals surface area (Å²) >= 11 is 3.52. The van der Waals surface area contributed by atoms with Gasteiger partial charge in [-0.3, -0.25) is 0 Å². The van der Waals surface area contributed by atoms with Gasteiger partial charge in [0.2, 0.25) is 0 Å². The molecule has 0 aromatic heterocycles. The van der Waals surface area contributed by atoms with E-state index in [-0.39, 0.29) is 0 Å². The molecule has 0 saturated heterocycles. The molecule has 104 valence electrons. The number of hydrogen-bond donors (Lipinski definition) is 3. The van der Waals surface area contributed by atoms with Crippen molar-refractivity contribution in [1.82, 2.24) is 5.43 Å². The number of anilines is 1. The predicted molar refractivity (Wildman–Crippen MR) is 88.7 cm³/mol. The van der Waals surface area contributed by atoms with E-state index in [4.69, 9.17) is 5.73 Å². The van der Waals surface area contributed by atoms with E-state index in [1.165, 1.54) is 17.5 Å². The summed E-state index contributed by atoms with van der Waals surface area (Å²) in [6.07, 6.45) is 1.25. The molecule has 0 aliphatic carbocycles. The molecule has 0 fully saturated rings. The van der Waals surface area contributed by atoms with E-state index in [1.807, 2.05) is 24.3 Å². The third-order valence-corrected chi connectivity index (χ3v) is 3.28. The lowest BCUT2D eigenvalue weighted by molar-refractivity contribution is 0.758. The van der Waals surface area contributed by atoms with Crippen molar-refractivity contribution in [2.45, 2.75) is 0 Å². The number of nitrogens with zero attached hydrogens (tertiary/aromatic N) is 1. The highest BCUT2D eigenvalue weighted by Gasteiger charge is 2.05. The molecule has 0 radical (unpaired) electrons. The monoisotopic (exact) mass is 332 g/mol. The Balaban J connectivity index is 2.12. The van der Waals surface area contributed by atoms with Gasteiger partial charge < -0.3 is 16.5 Å². The van der Waals surface area contributed by atoms with Gasteiger partial charge in [-0.25, -0.2) is 0 Å². The summed E-state index contributed by atoms with van der Waals surface area (Å²) in [5, 5.41) is 7.15. The maximum absolute atomic E-state index is 5.16. The number of nitrogens with two attached hydrogens (primary N) is 1. The van der Waals surface area contributed by atoms with Crippen LogP contribution in [0.4, 0.5) is 5.69 Å². The van der Waals surface area contributed by atoms with Crippen LogP contribution >= 0.6 is 15.9 Å². The smallest absolute Gasteiger partial charge is 0.106 e. The predicted octanol–water partition coefficient (Wildman–Crippen LogP) is 3.02. The molecular weight excluding hydrogens is 316 g/mol. The maximum Gasteiger partial charge on any atom is 0.106 e. The van der Waals surface area contributed by atoms with Crippen LogP contribution in [0.25, 0.3) is 11.1 Å². The van der Waals surface area contributed by atoms with Gasteiger partial charge in [0.05, 0.1) is 6.54 Å². The number of nitrogens with one attached hydrogen (secondary N) is 2. The van der Waals surface area contributed by atoms with E-state index < -0.39 is 0 Å². The molecule has 0 bridgehead atoms. The lowest BCUT2D eigenvalue weighted by Gasteiger charge is -2.13. The van der Waals surface area contributed by atoms with Crippen LogP contribution in [0.5, 0.6) is 0 Å². The zero-order valence-corrected chi connectivity index (χ0v) is 12.6. The molecule has 0 unspecified atom stereocenters. The second kappa shape index (κ2) is 7.55. The van der Waals surface area contributed by atoms with Crippen LogP contribution in [-0.2, 0) is 0 Å². The maximum atomic E-state index is 5.16. The Kier molecular flexibility index (Phi) is 5.43. The first-order valence-corrected chi connectivity index (χ1v) is 7.15. The van der Waals surface area contributed by atoms with Gasteiger partial charge in [0.15, 0.2) is 0 Å². The quantitative estimate of drug-likeness (QED) is 0.330. The molecule has 20 heavy (non-hydrogen) atoms. The first kappa shape index (κ1) is 14.4. The summed E-state index contributed by atoms with van der Waals surface area (Å²) in [6.45, 7) is 1.47. The number of hydrazone groups is 1. The molecule has 2 rings (SSSR count). The van der Waals surface area contributed by atoms with E-state index in [0.717, 1.165) is 16.7 Å². The zero-order chi connectivity index (χ0) is 14.2. The summed E-state index contributed by atoms with van der Waals surface area (Å²) in [5.74, 6) is 0. The van der Waals surface area contributed by atoms with E-state index in [9.17, 15) is 0 Å². The summed E-state index contributed by atoms with van der Waals surface area (Å²) in [6, 6.07) is 16.5. The fraction of sp³-hybridized carbons (Fsp3) is 0.133. The van der Waals surface area contributed by atoms with Crippen LogP contribution in [-0.4, -0.2) is 19.4 Å². The van der Waals surface area contributed by atoms with E-state index in [0.29, 0.717) is 6.54 Å². The molecule has 4 N–H and O–H groups in total. The first-order valence-electron chi connectivity index (χ1n) is 6.36. The van der Waals surface area contributed by atoms with Gasteiger partial charge in [-0.2, -0.15) is 5.10 Å². The first-order chi connectivity index (χ1) is 9.81. The fourth-order valence-electron chi connectivity index (χ4n) is 1.90. The molecule has 0 saturated carbocycles. The van der Waals surface area contributed by atoms with Crippen LogP contribution in [0.1, 0.15) is 0 Å². The van der Waals surface area contributed by atoms with Crippen molar-refractivity contribution in [3.05, 3.63) is 53.0 Å². The van der Waals surface area contributed by atoms with Crippen molar-refractivity contribution in [3.63, 3.8) is 0 Å². The molecule has 5 heteroatoms. The third-order valence-electron chi connectivity index (χ3n) is 2.78. The SMILES string of the molecule is N/C=N\NCCNc1ccc(Br)cc1-c1ccccc1. The molecule has 0 amide bonds. The number of benzene rings is 2. The molecule has 0 atom stereocenters. The highest BCUT2D eigenvalue weighted by Crippen LogP contribution is 2.30. The van der Waals surface area contributed by atoms with Crippen molar-refractivity contribution in [1.29, 1.82) is 0 Å². The second-order valence-electron chi connectivity index (χ2n) is 4.17. The molecule has 0 heterocycles. The van der Waals surface area contributed by atoms with Crippen molar-refractivity contribution in [2.24, 2.45) is 10.8 Å². The van der Waals surface area contributed by atoms with Gasteiger partial charge in [-0.1, -0.05) is 46.3 Å². The Hall–Kier alpha value is -2.01. The number of hydrogen-bond acceptors (Lipinski definition) is 3. The van der Waals surface area contributed by atoms with Gasteiger partial charge in [0.1, 0.15) is 6.34 Å². The summed E-state index contributed by atoms with van der Waals surface area (Å²) in [7, 11) is 0. The molecule has 0 spiro atoms. The number of rotatable bonds is 6. The van der Waals surface area contributed by atoms with E-state index >= 15 is 0 Å². The third kappa shape index (κ3) is 3.99. The van der Waals surface area contributed by atoms with Gasteiger partial charge in [-0.15, -0.1) is 0 Å². The van der Waals surface area contributed by atoms with Crippen molar-refractivity contribution < 1.29 is 0 Å². The van der Waals surface area contributed by atoms with Crippen LogP contribution in [0.2, 0.25) is 0 Å². The van der Waals surface area contributed by atoms with Gasteiger partial charge in [0.25, 0.3) is 0 Å². The molecule has 4 nitrogen and oxygen atoms in total. The molecule has 0 aliphatic heterocycles. The Labute approximate surface area is 127 Å². The van der Waals surface area contributed by atoms with Gasteiger partial charge >= 0.3 is 0 Å². The molecule has 0 aliphatic rings. The fourth-order valence-corrected chi connectivity index (χ4v) is 2.26. The average molecular weight is 333 g/mol. The van der Waals surface area contributed by atoms with Crippen LogP contribution in [0.15, 0.2) is 58.1 Å². The summed E-state index contributed by atoms with van der Waals surface area (Å²) in [5.41, 5.74) is 11.5. The normalized spacial score (nSPS) is 10.7. The van der Waals surface area contributed by atoms with Crippen molar-refractivity contribution in [3.8, 4) is 11.1 Å². The lowest BCUT2D eigenvalue weighted by atomic mass is 10.0. The largest absolute Gasteiger partial charge is 0.388 e. The summed E-state index contributed by atoms with van der Waals surface area (Å²) < 4.78 is 1.06. The second-order valence-corrected chi connectivity index (χ2v) is 5.08. The zero-order valence-electron chi connectivity index (χ0n) is 11.0. The lowest BCUT2D eigenvalue weighted by Crippen LogP contribution is -2.18. The minimum Gasteiger partial charge on any atom is -0.388 e. The van der Waals surface area contributed by atoms with Gasteiger partial charge in [-0.05, 0) is 23.8 Å². The Morgan fingerprint density at radius 2 is 1.90 bits per heavy atom. The molecule has 2 aromatic rings. The highest BCUT2D eigenvalue weighted by molar-refractivity contribution is 9.10. The highest BCUT2D eigenvalue weighted by atomic mass is 79.9. The van der Waals surface area contributed by atoms with Crippen LogP contribution < -0.4 is 16.5 Å². The van der Waals surface area contributed by atoms with Crippen molar-refractivity contribution >= 4 is 28.0 Å². The minimum atomic E-state index is 0.706. The van der Waals surface area contributed by atoms with Gasteiger partial charge in [0, 0.05) is 22.3 Å². The Morgan fingerprint density at radius 3 is 2.65 bits per heavy atom. The summed E-state index contributed by atoms with van der Waals surface area (Å²) in [4.78, 5) is 0. The van der Waals surface area contributed by atoms with Crippen LogP contribution in [0, 0.1) is 0 Å². The van der Waals surface area contributed by atoms with Crippen molar-refractivity contribution in [2.75, 3.05) is 18.4 Å². The van der Waals surface area contributed by atoms with Crippen LogP contribution in [0.3, 0.4) is 0 Å². The standard InChI is InChI=1S/C15H17BrN4/c16-13-6-7-15(18-8-9-19-20-11-17)14(10-13)12-4-2-1-3-5-12/h1-7,10-11,18-19H,8-9H2,(H2,17,20). The average Bonchev–Trinajstić information content (AvgIpc) is 2.49. The molecular formula is C15H17BrN4. The Bertz CT molecular complexity index is 569. The topological polar surface area (TPSA) is 62.4 Å². The van der Waals surface area contributed by atoms with E-state index in [1.54, 1.807) is 0 Å². The number of halogens is 1. The minimum absolute atomic E-state index is 0.706.